The maximum atomic E-state index is 8.50. The molecule has 0 amide bonds. The van der Waals surface area contributed by atoms with Crippen molar-refractivity contribution in [2.24, 2.45) is 0 Å². The van der Waals surface area contributed by atoms with Crippen LogP contribution in [0, 0.1) is 0 Å². The van der Waals surface area contributed by atoms with Crippen molar-refractivity contribution in [3.8, 4) is 0 Å². The molecule has 1 unspecified atom stereocenters. The zero-order valence-corrected chi connectivity index (χ0v) is 4.98. The molecular weight excluding hydrogens is 115 g/mol. The Labute approximate surface area is 48.0 Å². The summed E-state index contributed by atoms with van der Waals surface area (Å²) in [5.74, 6) is 0. The maximum absolute atomic E-state index is 8.50. The number of aliphatic hydroxyl groups excluding tert-OH is 1. The van der Waals surface area contributed by atoms with Crippen LogP contribution in [0.2, 0.25) is 0 Å². The Hall–Kier alpha value is 0.210. The lowest BCUT2D eigenvalue weighted by Crippen LogP contribution is -2.08. The highest BCUT2D eigenvalue weighted by molar-refractivity contribution is 6.17. The Morgan fingerprint density at radius 2 is 2.43 bits per heavy atom. The summed E-state index contributed by atoms with van der Waals surface area (Å²) in [5.41, 5.74) is 0. The average Bonchev–Trinajstić information content (AvgIpc) is 1.61. The van der Waals surface area contributed by atoms with Crippen LogP contribution in [-0.4, -0.2) is 23.9 Å². The van der Waals surface area contributed by atoms with Crippen LogP contribution < -0.4 is 0 Å². The van der Waals surface area contributed by atoms with Crippen molar-refractivity contribution in [2.75, 3.05) is 12.7 Å². The fourth-order valence-corrected chi connectivity index (χ4v) is 0.304. The molecule has 0 fully saturated rings. The Morgan fingerprint density at radius 1 is 1.86 bits per heavy atom. The molecule has 0 radical (unpaired) electrons. The molecule has 0 bridgehead atoms. The highest BCUT2D eigenvalue weighted by atomic mass is 35.5. The molecule has 0 heterocycles. The van der Waals surface area contributed by atoms with Crippen LogP contribution in [0.1, 0.15) is 6.92 Å². The predicted octanol–water partition coefficient (Wildman–Crippen LogP) is 0.580. The molecule has 0 aliphatic carbocycles. The molecule has 0 saturated carbocycles. The number of ether oxygens (including phenoxy) is 1. The third-order valence-corrected chi connectivity index (χ3v) is 0.591. The highest BCUT2D eigenvalue weighted by Crippen LogP contribution is 1.83. The van der Waals surface area contributed by atoms with Gasteiger partial charge in [-0.2, -0.15) is 0 Å². The van der Waals surface area contributed by atoms with E-state index in [1.165, 1.54) is 0 Å². The first-order valence-electron chi connectivity index (χ1n) is 2.09. The predicted molar refractivity (Wildman–Crippen MR) is 28.4 cm³/mol. The van der Waals surface area contributed by atoms with E-state index in [1.54, 1.807) is 6.92 Å². The summed E-state index contributed by atoms with van der Waals surface area (Å²) in [6, 6.07) is 0.158. The van der Waals surface area contributed by atoms with Crippen molar-refractivity contribution >= 4 is 11.6 Å². The maximum Gasteiger partial charge on any atom is 0.120 e. The Morgan fingerprint density at radius 3 is 2.57 bits per heavy atom. The monoisotopic (exact) mass is 124 g/mol. The van der Waals surface area contributed by atoms with Gasteiger partial charge in [0.2, 0.25) is 0 Å². The third kappa shape index (κ3) is 6.21. The van der Waals surface area contributed by atoms with Crippen LogP contribution in [-0.2, 0) is 4.74 Å². The van der Waals surface area contributed by atoms with Crippen molar-refractivity contribution in [2.45, 2.75) is 13.0 Å². The summed E-state index contributed by atoms with van der Waals surface area (Å²) in [6.07, 6.45) is -0.404. The molecule has 0 aromatic rings. The van der Waals surface area contributed by atoms with E-state index in [0.29, 0.717) is 6.61 Å². The molecule has 0 aliphatic rings. The zero-order valence-electron chi connectivity index (χ0n) is 4.22. The summed E-state index contributed by atoms with van der Waals surface area (Å²) >= 11 is 5.11. The second-order valence-corrected chi connectivity index (χ2v) is 1.55. The van der Waals surface area contributed by atoms with Crippen molar-refractivity contribution in [1.82, 2.24) is 0 Å². The normalized spacial score (nSPS) is 14.1. The highest BCUT2D eigenvalue weighted by Gasteiger charge is 1.90. The Kier molecular flexibility index (Phi) is 4.50. The summed E-state index contributed by atoms with van der Waals surface area (Å²) in [6.45, 7) is 1.97. The van der Waals surface area contributed by atoms with E-state index in [0.717, 1.165) is 0 Å². The first-order chi connectivity index (χ1) is 3.27. The average molecular weight is 125 g/mol. The molecule has 44 valence electrons. The van der Waals surface area contributed by atoms with Crippen LogP contribution in [0.3, 0.4) is 0 Å². The van der Waals surface area contributed by atoms with Crippen LogP contribution in [0.4, 0.5) is 0 Å². The van der Waals surface area contributed by atoms with Gasteiger partial charge < -0.3 is 9.84 Å². The molecule has 0 spiro atoms. The lowest BCUT2D eigenvalue weighted by Gasteiger charge is -1.99. The topological polar surface area (TPSA) is 29.5 Å². The summed E-state index contributed by atoms with van der Waals surface area (Å²) < 4.78 is 4.61. The van der Waals surface area contributed by atoms with E-state index in [2.05, 4.69) is 4.74 Å². The Balaban J connectivity index is 2.68. The van der Waals surface area contributed by atoms with E-state index in [9.17, 15) is 0 Å². The summed E-state index contributed by atoms with van der Waals surface area (Å²) in [7, 11) is 0. The van der Waals surface area contributed by atoms with E-state index in [4.69, 9.17) is 16.7 Å². The first kappa shape index (κ1) is 7.21. The smallest absolute Gasteiger partial charge is 0.120 e. The fourth-order valence-electron chi connectivity index (χ4n) is 0.215. The number of hydrogen-bond donors (Lipinski definition) is 1. The van der Waals surface area contributed by atoms with Gasteiger partial charge >= 0.3 is 0 Å². The standard InChI is InChI=1S/C4H9ClO2/c1-4(6)2-7-3-5/h4,6H,2-3H2,1H3. The SMILES string of the molecule is CC(O)COCCl. The third-order valence-electron chi connectivity index (χ3n) is 0.436. The molecule has 0 aromatic heterocycles. The fraction of sp³-hybridized carbons (Fsp3) is 1.00. The first-order valence-corrected chi connectivity index (χ1v) is 2.62. The zero-order chi connectivity index (χ0) is 5.70. The van der Waals surface area contributed by atoms with Gasteiger partial charge in [0.05, 0.1) is 12.7 Å². The summed E-state index contributed by atoms with van der Waals surface area (Å²) in [5, 5.41) is 8.50. The van der Waals surface area contributed by atoms with Crippen LogP contribution >= 0.6 is 11.6 Å². The van der Waals surface area contributed by atoms with Gasteiger partial charge in [0.1, 0.15) is 6.07 Å². The van der Waals surface area contributed by atoms with Gasteiger partial charge in [0, 0.05) is 0 Å². The van der Waals surface area contributed by atoms with Gasteiger partial charge in [-0.05, 0) is 6.92 Å². The van der Waals surface area contributed by atoms with E-state index < -0.39 is 6.10 Å². The van der Waals surface area contributed by atoms with Crippen molar-refractivity contribution in [3.63, 3.8) is 0 Å². The minimum atomic E-state index is -0.404. The van der Waals surface area contributed by atoms with Gasteiger partial charge in [0.25, 0.3) is 0 Å². The van der Waals surface area contributed by atoms with Crippen LogP contribution in [0.15, 0.2) is 0 Å². The lowest BCUT2D eigenvalue weighted by molar-refractivity contribution is 0.0677. The van der Waals surface area contributed by atoms with Gasteiger partial charge in [-0.15, -0.1) is 0 Å². The van der Waals surface area contributed by atoms with Gasteiger partial charge in [0.15, 0.2) is 0 Å². The van der Waals surface area contributed by atoms with Gasteiger partial charge in [-0.3, -0.25) is 0 Å². The number of aliphatic hydroxyl groups is 1. The number of alkyl halides is 1. The molecule has 1 atom stereocenters. The van der Waals surface area contributed by atoms with Crippen LogP contribution in [0.25, 0.3) is 0 Å². The van der Waals surface area contributed by atoms with Crippen molar-refractivity contribution in [1.29, 1.82) is 0 Å². The number of hydrogen-bond acceptors (Lipinski definition) is 2. The van der Waals surface area contributed by atoms with E-state index >= 15 is 0 Å². The minimum Gasteiger partial charge on any atom is -0.391 e. The molecule has 0 saturated heterocycles. The lowest BCUT2D eigenvalue weighted by atomic mass is 10.5. The minimum absolute atomic E-state index is 0.158. The van der Waals surface area contributed by atoms with Crippen molar-refractivity contribution in [3.05, 3.63) is 0 Å². The van der Waals surface area contributed by atoms with E-state index in [-0.39, 0.29) is 6.07 Å². The molecule has 2 nitrogen and oxygen atoms in total. The largest absolute Gasteiger partial charge is 0.391 e. The van der Waals surface area contributed by atoms with Crippen LogP contribution in [0.5, 0.6) is 0 Å². The molecule has 1 N–H and O–H groups in total. The number of halogens is 1. The van der Waals surface area contributed by atoms with E-state index in [1.807, 2.05) is 0 Å². The molecule has 0 aliphatic heterocycles. The molecule has 7 heavy (non-hydrogen) atoms. The van der Waals surface area contributed by atoms with Gasteiger partial charge in [-0.1, -0.05) is 11.6 Å². The molecule has 0 rings (SSSR count). The summed E-state index contributed by atoms with van der Waals surface area (Å²) in [4.78, 5) is 0. The van der Waals surface area contributed by atoms with Crippen molar-refractivity contribution < 1.29 is 9.84 Å². The second kappa shape index (κ2) is 4.37. The Bertz CT molecular complexity index is 38.7. The number of rotatable bonds is 3. The molecular formula is C4H9ClO2. The van der Waals surface area contributed by atoms with Gasteiger partial charge in [-0.25, -0.2) is 0 Å². The quantitative estimate of drug-likeness (QED) is 0.558. The molecule has 0 aromatic carbocycles. The molecule has 3 heteroatoms. The second-order valence-electron chi connectivity index (χ2n) is 1.33.